The summed E-state index contributed by atoms with van der Waals surface area (Å²) in [6, 6.07) is 0. The molecule has 6 heteroatoms. The summed E-state index contributed by atoms with van der Waals surface area (Å²) in [5.41, 5.74) is 4.24. The summed E-state index contributed by atoms with van der Waals surface area (Å²) in [4.78, 5) is 10.8. The highest BCUT2D eigenvalue weighted by molar-refractivity contribution is 7.92. The Labute approximate surface area is 83.2 Å². The Bertz CT molecular complexity index is 337. The van der Waals surface area contributed by atoms with Gasteiger partial charge in [0.15, 0.2) is 9.84 Å². The van der Waals surface area contributed by atoms with Gasteiger partial charge in [-0.2, -0.15) is 0 Å². The lowest BCUT2D eigenvalue weighted by atomic mass is 10.0. The second-order valence-corrected chi connectivity index (χ2v) is 6.35. The van der Waals surface area contributed by atoms with Gasteiger partial charge in [-0.1, -0.05) is 6.92 Å². The van der Waals surface area contributed by atoms with Gasteiger partial charge in [0.05, 0.1) is 5.25 Å². The number of hydrogen-bond acceptors (Lipinski definition) is 4. The van der Waals surface area contributed by atoms with Crippen LogP contribution < -0.4 is 5.73 Å². The number of aliphatic carboxylic acids is 1. The fraction of sp³-hybridized carbons (Fsp3) is 0.875. The topological polar surface area (TPSA) is 97.5 Å². The lowest BCUT2D eigenvalue weighted by Gasteiger charge is -2.17. The Morgan fingerprint density at radius 2 is 2.21 bits per heavy atom. The lowest BCUT2D eigenvalue weighted by molar-refractivity contribution is -0.143. The van der Waals surface area contributed by atoms with Gasteiger partial charge in [0.2, 0.25) is 0 Å². The molecule has 0 aromatic heterocycles. The monoisotopic (exact) mass is 221 g/mol. The Kier molecular flexibility index (Phi) is 2.87. The van der Waals surface area contributed by atoms with Gasteiger partial charge in [-0.15, -0.1) is 0 Å². The minimum absolute atomic E-state index is 0.0402. The molecule has 0 heterocycles. The molecule has 1 aliphatic rings. The van der Waals surface area contributed by atoms with Crippen LogP contribution >= 0.6 is 0 Å². The van der Waals surface area contributed by atoms with Crippen LogP contribution in [0.4, 0.5) is 0 Å². The summed E-state index contributed by atoms with van der Waals surface area (Å²) < 4.78 is 22.9. The SMILES string of the molecule is CCS(=O)(=O)[C@H]1CC[C@@](N)(C(=O)O)C1. The van der Waals surface area contributed by atoms with E-state index in [0.717, 1.165) is 0 Å². The fourth-order valence-electron chi connectivity index (χ4n) is 1.77. The molecule has 3 N–H and O–H groups in total. The minimum Gasteiger partial charge on any atom is -0.480 e. The fourth-order valence-corrected chi connectivity index (χ4v) is 3.27. The van der Waals surface area contributed by atoms with Crippen LogP contribution in [0, 0.1) is 0 Å². The Balaban J connectivity index is 2.81. The molecule has 0 radical (unpaired) electrons. The summed E-state index contributed by atoms with van der Waals surface area (Å²) >= 11 is 0. The maximum atomic E-state index is 11.5. The van der Waals surface area contributed by atoms with Crippen molar-refractivity contribution >= 4 is 15.8 Å². The highest BCUT2D eigenvalue weighted by atomic mass is 32.2. The summed E-state index contributed by atoms with van der Waals surface area (Å²) in [5, 5.41) is 8.23. The largest absolute Gasteiger partial charge is 0.480 e. The predicted octanol–water partition coefficient (Wildman–Crippen LogP) is -0.244. The summed E-state index contributed by atoms with van der Waals surface area (Å²) in [5.74, 6) is -1.06. The van der Waals surface area contributed by atoms with Gasteiger partial charge >= 0.3 is 5.97 Å². The molecule has 14 heavy (non-hydrogen) atoms. The molecule has 0 saturated heterocycles. The van der Waals surface area contributed by atoms with Crippen molar-refractivity contribution < 1.29 is 18.3 Å². The molecule has 1 saturated carbocycles. The number of carbonyl (C=O) groups is 1. The van der Waals surface area contributed by atoms with Crippen LogP contribution in [0.3, 0.4) is 0 Å². The van der Waals surface area contributed by atoms with E-state index in [1.54, 1.807) is 6.92 Å². The smallest absolute Gasteiger partial charge is 0.323 e. The van der Waals surface area contributed by atoms with E-state index in [-0.39, 0.29) is 18.6 Å². The number of nitrogens with two attached hydrogens (primary N) is 1. The van der Waals surface area contributed by atoms with Crippen molar-refractivity contribution in [2.75, 3.05) is 5.75 Å². The molecular formula is C8H15NO4S. The Morgan fingerprint density at radius 3 is 2.57 bits per heavy atom. The van der Waals surface area contributed by atoms with Gasteiger partial charge in [0.1, 0.15) is 5.54 Å². The maximum absolute atomic E-state index is 11.5. The average Bonchev–Trinajstić information content (AvgIpc) is 2.50. The highest BCUT2D eigenvalue weighted by Gasteiger charge is 2.46. The number of rotatable bonds is 3. The van der Waals surface area contributed by atoms with Gasteiger partial charge in [-0.3, -0.25) is 4.79 Å². The van der Waals surface area contributed by atoms with Crippen LogP contribution in [-0.2, 0) is 14.6 Å². The quantitative estimate of drug-likeness (QED) is 0.685. The highest BCUT2D eigenvalue weighted by Crippen LogP contribution is 2.32. The molecule has 0 aliphatic heterocycles. The van der Waals surface area contributed by atoms with Crippen LogP contribution in [0.15, 0.2) is 0 Å². The van der Waals surface area contributed by atoms with Crippen molar-refractivity contribution in [1.82, 2.24) is 0 Å². The van der Waals surface area contributed by atoms with Crippen LogP contribution in [0.5, 0.6) is 0 Å². The van der Waals surface area contributed by atoms with Gasteiger partial charge in [0, 0.05) is 5.75 Å². The molecule has 1 rings (SSSR count). The molecule has 0 aromatic rings. The maximum Gasteiger partial charge on any atom is 0.323 e. The number of sulfone groups is 1. The molecular weight excluding hydrogens is 206 g/mol. The number of carboxylic acids is 1. The molecule has 1 fully saturated rings. The second kappa shape index (κ2) is 3.51. The third-order valence-corrected chi connectivity index (χ3v) is 5.06. The average molecular weight is 221 g/mol. The van der Waals surface area contributed by atoms with Crippen molar-refractivity contribution in [3.8, 4) is 0 Å². The second-order valence-electron chi connectivity index (χ2n) is 3.78. The third-order valence-electron chi connectivity index (χ3n) is 2.84. The summed E-state index contributed by atoms with van der Waals surface area (Å²) in [6.07, 6.45) is 0.643. The predicted molar refractivity (Wildman–Crippen MR) is 51.7 cm³/mol. The normalized spacial score (nSPS) is 33.1. The summed E-state index contributed by atoms with van der Waals surface area (Å²) in [6.45, 7) is 1.56. The zero-order chi connectivity index (χ0) is 11.0. The van der Waals surface area contributed by atoms with E-state index in [9.17, 15) is 13.2 Å². The van der Waals surface area contributed by atoms with E-state index in [1.165, 1.54) is 0 Å². The van der Waals surface area contributed by atoms with E-state index >= 15 is 0 Å². The van der Waals surface area contributed by atoms with E-state index < -0.39 is 26.6 Å². The van der Waals surface area contributed by atoms with Gasteiger partial charge in [-0.25, -0.2) is 8.42 Å². The Morgan fingerprint density at radius 1 is 1.64 bits per heavy atom. The van der Waals surface area contributed by atoms with Gasteiger partial charge < -0.3 is 10.8 Å². The van der Waals surface area contributed by atoms with Crippen molar-refractivity contribution in [3.63, 3.8) is 0 Å². The molecule has 0 unspecified atom stereocenters. The zero-order valence-electron chi connectivity index (χ0n) is 8.06. The zero-order valence-corrected chi connectivity index (χ0v) is 8.88. The first-order valence-electron chi connectivity index (χ1n) is 4.55. The van der Waals surface area contributed by atoms with Crippen LogP contribution in [0.1, 0.15) is 26.2 Å². The van der Waals surface area contributed by atoms with Crippen molar-refractivity contribution in [1.29, 1.82) is 0 Å². The van der Waals surface area contributed by atoms with E-state index in [2.05, 4.69) is 0 Å². The molecule has 82 valence electrons. The van der Waals surface area contributed by atoms with Gasteiger partial charge in [-0.05, 0) is 19.3 Å². The van der Waals surface area contributed by atoms with Crippen molar-refractivity contribution in [2.45, 2.75) is 37.0 Å². The molecule has 5 nitrogen and oxygen atoms in total. The van der Waals surface area contributed by atoms with E-state index in [4.69, 9.17) is 10.8 Å². The molecule has 1 aliphatic carbocycles. The van der Waals surface area contributed by atoms with Crippen molar-refractivity contribution in [2.24, 2.45) is 5.73 Å². The first kappa shape index (κ1) is 11.5. The molecule has 2 atom stereocenters. The Hall–Kier alpha value is -0.620. The summed E-state index contributed by atoms with van der Waals surface area (Å²) in [7, 11) is -3.15. The molecule has 0 amide bonds. The molecule has 0 aromatic carbocycles. The van der Waals surface area contributed by atoms with Crippen LogP contribution in [0.2, 0.25) is 0 Å². The standard InChI is InChI=1S/C8H15NO4S/c1-2-14(12,13)6-3-4-8(9,5-6)7(10)11/h6H,2-5,9H2,1H3,(H,10,11)/t6-,8-/m0/s1. The third kappa shape index (κ3) is 1.90. The van der Waals surface area contributed by atoms with Crippen LogP contribution in [0.25, 0.3) is 0 Å². The first-order valence-corrected chi connectivity index (χ1v) is 6.27. The van der Waals surface area contributed by atoms with Crippen molar-refractivity contribution in [3.05, 3.63) is 0 Å². The van der Waals surface area contributed by atoms with Crippen LogP contribution in [-0.4, -0.2) is 36.0 Å². The van der Waals surface area contributed by atoms with Gasteiger partial charge in [0.25, 0.3) is 0 Å². The van der Waals surface area contributed by atoms with E-state index in [1.807, 2.05) is 0 Å². The van der Waals surface area contributed by atoms with E-state index in [0.29, 0.717) is 6.42 Å². The minimum atomic E-state index is -3.15. The number of hydrogen-bond donors (Lipinski definition) is 2. The first-order chi connectivity index (χ1) is 6.32. The lowest BCUT2D eigenvalue weighted by Crippen LogP contribution is -2.46. The number of carboxylic acid groups (broad SMARTS) is 1. The molecule has 0 spiro atoms. The molecule has 0 bridgehead atoms.